The smallest absolute Gasteiger partial charge is 0.137 e. The van der Waals surface area contributed by atoms with Crippen molar-refractivity contribution in [2.45, 2.75) is 19.4 Å². The zero-order chi connectivity index (χ0) is 10.8. The number of benzene rings is 1. The van der Waals surface area contributed by atoms with Crippen LogP contribution in [0.3, 0.4) is 0 Å². The minimum atomic E-state index is -0.412. The molecule has 1 heterocycles. The first-order valence-corrected chi connectivity index (χ1v) is 4.98. The van der Waals surface area contributed by atoms with Gasteiger partial charge in [0.2, 0.25) is 0 Å². The van der Waals surface area contributed by atoms with E-state index in [1.165, 1.54) is 5.56 Å². The van der Waals surface area contributed by atoms with Crippen LogP contribution < -0.4 is 5.73 Å². The summed E-state index contributed by atoms with van der Waals surface area (Å²) in [7, 11) is 0. The highest BCUT2D eigenvalue weighted by Crippen LogP contribution is 2.20. The topological polar surface area (TPSA) is 58.9 Å². The molecule has 2 rings (SSSR count). The molecular formula is C12H14N2O. The van der Waals surface area contributed by atoms with Gasteiger partial charge in [-0.05, 0) is 31.0 Å². The number of nitrogens with two attached hydrogens (primary N) is 1. The van der Waals surface area contributed by atoms with E-state index in [-0.39, 0.29) is 0 Å². The molecule has 0 aliphatic carbocycles. The van der Waals surface area contributed by atoms with Gasteiger partial charge in [-0.25, -0.2) is 0 Å². The van der Waals surface area contributed by atoms with Crippen molar-refractivity contribution in [3.63, 3.8) is 0 Å². The van der Waals surface area contributed by atoms with Gasteiger partial charge >= 0.3 is 0 Å². The summed E-state index contributed by atoms with van der Waals surface area (Å²) in [5.74, 6) is 0. The van der Waals surface area contributed by atoms with E-state index in [1.807, 2.05) is 12.3 Å². The second-order valence-corrected chi connectivity index (χ2v) is 3.87. The standard InChI is InChI=1S/C12H14N2O/c1-8-2-3-12-11(4-8)9(6-14-12)5-10(13)7-15/h2-4,6-7,10,14H,5,13H2,1H3. The lowest BCUT2D eigenvalue weighted by atomic mass is 10.0. The Bertz CT molecular complexity index is 487. The van der Waals surface area contributed by atoms with Gasteiger partial charge in [0.1, 0.15) is 6.29 Å². The zero-order valence-corrected chi connectivity index (χ0v) is 8.66. The van der Waals surface area contributed by atoms with E-state index in [2.05, 4.69) is 24.0 Å². The van der Waals surface area contributed by atoms with Crippen LogP contribution in [0.5, 0.6) is 0 Å². The van der Waals surface area contributed by atoms with E-state index in [1.54, 1.807) is 0 Å². The van der Waals surface area contributed by atoms with Crippen molar-refractivity contribution < 1.29 is 4.79 Å². The molecule has 3 N–H and O–H groups in total. The predicted molar refractivity (Wildman–Crippen MR) is 60.8 cm³/mol. The van der Waals surface area contributed by atoms with Crippen molar-refractivity contribution in [3.8, 4) is 0 Å². The quantitative estimate of drug-likeness (QED) is 0.742. The van der Waals surface area contributed by atoms with Crippen LogP contribution in [-0.2, 0) is 11.2 Å². The Labute approximate surface area is 88.3 Å². The third-order valence-electron chi connectivity index (χ3n) is 2.55. The summed E-state index contributed by atoms with van der Waals surface area (Å²) in [4.78, 5) is 13.7. The number of rotatable bonds is 3. The fraction of sp³-hybridized carbons (Fsp3) is 0.250. The number of aromatic nitrogens is 1. The Morgan fingerprint density at radius 1 is 1.53 bits per heavy atom. The highest BCUT2D eigenvalue weighted by Gasteiger charge is 2.07. The van der Waals surface area contributed by atoms with Gasteiger partial charge in [-0.2, -0.15) is 0 Å². The Morgan fingerprint density at radius 3 is 3.07 bits per heavy atom. The molecule has 15 heavy (non-hydrogen) atoms. The molecule has 78 valence electrons. The van der Waals surface area contributed by atoms with Gasteiger partial charge in [-0.15, -0.1) is 0 Å². The van der Waals surface area contributed by atoms with Crippen LogP contribution in [0.2, 0.25) is 0 Å². The van der Waals surface area contributed by atoms with E-state index in [4.69, 9.17) is 5.73 Å². The molecule has 2 aromatic rings. The highest BCUT2D eigenvalue weighted by atomic mass is 16.1. The Kier molecular flexibility index (Phi) is 2.56. The van der Waals surface area contributed by atoms with E-state index < -0.39 is 6.04 Å². The molecule has 1 atom stereocenters. The lowest BCUT2D eigenvalue weighted by Crippen LogP contribution is -2.23. The lowest BCUT2D eigenvalue weighted by Gasteiger charge is -2.02. The number of carbonyl (C=O) groups is 1. The van der Waals surface area contributed by atoms with Crippen LogP contribution >= 0.6 is 0 Å². The van der Waals surface area contributed by atoms with Crippen LogP contribution in [0, 0.1) is 6.92 Å². The first-order valence-electron chi connectivity index (χ1n) is 4.98. The second kappa shape index (κ2) is 3.87. The lowest BCUT2D eigenvalue weighted by molar-refractivity contribution is -0.108. The molecule has 0 fully saturated rings. The number of carbonyl (C=O) groups excluding carboxylic acids is 1. The van der Waals surface area contributed by atoms with Crippen LogP contribution in [0.25, 0.3) is 10.9 Å². The first kappa shape index (κ1) is 9.93. The fourth-order valence-corrected chi connectivity index (χ4v) is 1.76. The number of H-pyrrole nitrogens is 1. The first-order chi connectivity index (χ1) is 7.20. The average Bonchev–Trinajstić information content (AvgIpc) is 2.61. The molecule has 0 saturated carbocycles. The summed E-state index contributed by atoms with van der Waals surface area (Å²) in [5.41, 5.74) is 9.02. The van der Waals surface area contributed by atoms with Gasteiger partial charge in [0.05, 0.1) is 6.04 Å². The number of nitrogens with one attached hydrogen (secondary N) is 1. The van der Waals surface area contributed by atoms with Crippen molar-refractivity contribution in [1.29, 1.82) is 0 Å². The SMILES string of the molecule is Cc1ccc2[nH]cc(CC(N)C=O)c2c1. The Morgan fingerprint density at radius 2 is 2.33 bits per heavy atom. The van der Waals surface area contributed by atoms with Crippen molar-refractivity contribution in [2.24, 2.45) is 5.73 Å². The molecule has 1 aromatic carbocycles. The van der Waals surface area contributed by atoms with Gasteiger partial charge < -0.3 is 15.5 Å². The summed E-state index contributed by atoms with van der Waals surface area (Å²) >= 11 is 0. The number of fused-ring (bicyclic) bond motifs is 1. The summed E-state index contributed by atoms with van der Waals surface area (Å²) in [6.45, 7) is 2.05. The Hall–Kier alpha value is -1.61. The number of aryl methyl sites for hydroxylation is 1. The largest absolute Gasteiger partial charge is 0.361 e. The molecule has 0 aliphatic rings. The maximum absolute atomic E-state index is 10.5. The number of aromatic amines is 1. The van der Waals surface area contributed by atoms with E-state index in [0.717, 1.165) is 22.8 Å². The van der Waals surface area contributed by atoms with Gasteiger partial charge in [-0.1, -0.05) is 11.6 Å². The summed E-state index contributed by atoms with van der Waals surface area (Å²) in [6, 6.07) is 5.80. The van der Waals surface area contributed by atoms with Crippen molar-refractivity contribution in [1.82, 2.24) is 4.98 Å². The summed E-state index contributed by atoms with van der Waals surface area (Å²) in [6.07, 6.45) is 3.30. The summed E-state index contributed by atoms with van der Waals surface area (Å²) in [5, 5.41) is 1.16. The second-order valence-electron chi connectivity index (χ2n) is 3.87. The minimum absolute atomic E-state index is 0.412. The van der Waals surface area contributed by atoms with Crippen molar-refractivity contribution in [3.05, 3.63) is 35.5 Å². The maximum atomic E-state index is 10.5. The van der Waals surface area contributed by atoms with Gasteiger partial charge in [0, 0.05) is 17.1 Å². The van der Waals surface area contributed by atoms with E-state index in [0.29, 0.717) is 6.42 Å². The molecule has 1 unspecified atom stereocenters. The Balaban J connectivity index is 2.43. The number of hydrogen-bond acceptors (Lipinski definition) is 2. The van der Waals surface area contributed by atoms with Crippen LogP contribution in [0.4, 0.5) is 0 Å². The monoisotopic (exact) mass is 202 g/mol. The normalized spacial score (nSPS) is 12.9. The molecule has 1 aromatic heterocycles. The summed E-state index contributed by atoms with van der Waals surface area (Å²) < 4.78 is 0. The third-order valence-corrected chi connectivity index (χ3v) is 2.55. The van der Waals surface area contributed by atoms with Gasteiger partial charge in [0.15, 0.2) is 0 Å². The van der Waals surface area contributed by atoms with E-state index >= 15 is 0 Å². The highest BCUT2D eigenvalue weighted by molar-refractivity contribution is 5.84. The van der Waals surface area contributed by atoms with Crippen LogP contribution in [-0.4, -0.2) is 17.3 Å². The molecule has 0 saturated heterocycles. The van der Waals surface area contributed by atoms with Crippen LogP contribution in [0.1, 0.15) is 11.1 Å². The zero-order valence-electron chi connectivity index (χ0n) is 8.66. The molecule has 0 radical (unpaired) electrons. The third kappa shape index (κ3) is 1.92. The fourth-order valence-electron chi connectivity index (χ4n) is 1.76. The predicted octanol–water partition coefficient (Wildman–Crippen LogP) is 1.55. The molecule has 0 amide bonds. The van der Waals surface area contributed by atoms with Crippen molar-refractivity contribution >= 4 is 17.2 Å². The number of aldehydes is 1. The van der Waals surface area contributed by atoms with Gasteiger partial charge in [0.25, 0.3) is 0 Å². The minimum Gasteiger partial charge on any atom is -0.361 e. The molecule has 3 nitrogen and oxygen atoms in total. The van der Waals surface area contributed by atoms with E-state index in [9.17, 15) is 4.79 Å². The molecule has 0 bridgehead atoms. The molecule has 3 heteroatoms. The average molecular weight is 202 g/mol. The number of hydrogen-bond donors (Lipinski definition) is 2. The molecule has 0 aliphatic heterocycles. The molecule has 0 spiro atoms. The van der Waals surface area contributed by atoms with Crippen LogP contribution in [0.15, 0.2) is 24.4 Å². The molecular weight excluding hydrogens is 188 g/mol. The van der Waals surface area contributed by atoms with Gasteiger partial charge in [-0.3, -0.25) is 0 Å². The van der Waals surface area contributed by atoms with Crippen molar-refractivity contribution in [2.75, 3.05) is 0 Å². The maximum Gasteiger partial charge on any atom is 0.137 e.